The van der Waals surface area contributed by atoms with Gasteiger partial charge in [-0.1, -0.05) is 124 Å². The van der Waals surface area contributed by atoms with Gasteiger partial charge in [0.05, 0.1) is 6.61 Å². The molecule has 1 N–H and O–H groups in total. The van der Waals surface area contributed by atoms with Gasteiger partial charge in [0, 0.05) is 6.42 Å². The Balaban J connectivity index is 2.13. The highest BCUT2D eigenvalue weighted by molar-refractivity contribution is 5.70. The Bertz CT molecular complexity index is 657. The van der Waals surface area contributed by atoms with Gasteiger partial charge in [0.25, 0.3) is 0 Å². The summed E-state index contributed by atoms with van der Waals surface area (Å²) in [5.74, 6) is 0.183. The van der Waals surface area contributed by atoms with Crippen LogP contribution >= 0.6 is 0 Å². The average Bonchev–Trinajstić information content (AvgIpc) is 2.77. The van der Waals surface area contributed by atoms with Crippen molar-refractivity contribution in [3.63, 3.8) is 0 Å². The molecule has 0 aliphatic rings. The van der Waals surface area contributed by atoms with E-state index in [1.165, 1.54) is 76.2 Å². The fraction of sp³-hybridized carbons (Fsp3) is 0.767. The summed E-state index contributed by atoms with van der Waals surface area (Å²) in [5, 5.41) is 10.5. The Morgan fingerprint density at radius 3 is 1.76 bits per heavy atom. The van der Waals surface area contributed by atoms with E-state index in [2.05, 4.69) is 40.7 Å². The second-order valence-electron chi connectivity index (χ2n) is 10.7. The van der Waals surface area contributed by atoms with Gasteiger partial charge in [-0.25, -0.2) is 0 Å². The van der Waals surface area contributed by atoms with Gasteiger partial charge < -0.3 is 9.84 Å². The zero-order chi connectivity index (χ0) is 24.5. The molecule has 0 saturated carbocycles. The minimum Gasteiger partial charge on any atom is -0.507 e. The van der Waals surface area contributed by atoms with Crippen LogP contribution in [0.25, 0.3) is 0 Å². The number of carbonyl (C=O) groups excluding carboxylic acids is 1. The quantitative estimate of drug-likeness (QED) is 0.176. The van der Waals surface area contributed by atoms with E-state index in [0.29, 0.717) is 25.2 Å². The van der Waals surface area contributed by atoms with Crippen molar-refractivity contribution in [3.8, 4) is 5.75 Å². The van der Waals surface area contributed by atoms with Crippen LogP contribution in [0.15, 0.2) is 12.1 Å². The molecule has 0 spiro atoms. The summed E-state index contributed by atoms with van der Waals surface area (Å²) >= 11 is 0. The first-order chi connectivity index (χ1) is 15.8. The second kappa shape index (κ2) is 17.0. The van der Waals surface area contributed by atoms with Crippen LogP contribution in [0.4, 0.5) is 0 Å². The van der Waals surface area contributed by atoms with Gasteiger partial charge in [-0.2, -0.15) is 0 Å². The molecule has 0 amide bonds. The Hall–Kier alpha value is -1.51. The van der Waals surface area contributed by atoms with Gasteiger partial charge in [-0.05, 0) is 41.4 Å². The highest BCUT2D eigenvalue weighted by Gasteiger charge is 2.18. The number of hydrogen-bond acceptors (Lipinski definition) is 3. The third kappa shape index (κ3) is 13.1. The van der Waals surface area contributed by atoms with E-state index < -0.39 is 0 Å². The number of unbranched alkanes of at least 4 members (excludes halogenated alkanes) is 12. The molecule has 190 valence electrons. The largest absolute Gasteiger partial charge is 0.507 e. The first-order valence-corrected chi connectivity index (χ1v) is 13.8. The van der Waals surface area contributed by atoms with Crippen LogP contribution in [0.1, 0.15) is 141 Å². The maximum atomic E-state index is 12.2. The van der Waals surface area contributed by atoms with Gasteiger partial charge in [0.1, 0.15) is 5.75 Å². The van der Waals surface area contributed by atoms with Gasteiger partial charge in [0.2, 0.25) is 0 Å². The van der Waals surface area contributed by atoms with E-state index in [9.17, 15) is 9.90 Å². The Labute approximate surface area is 204 Å². The number of aromatic hydroxyl groups is 1. The van der Waals surface area contributed by atoms with Gasteiger partial charge in [0.15, 0.2) is 0 Å². The maximum Gasteiger partial charge on any atom is 0.306 e. The van der Waals surface area contributed by atoms with E-state index >= 15 is 0 Å². The van der Waals surface area contributed by atoms with Crippen molar-refractivity contribution in [3.05, 3.63) is 28.8 Å². The predicted molar refractivity (Wildman–Crippen MR) is 141 cm³/mol. The van der Waals surface area contributed by atoms with Gasteiger partial charge in [-0.3, -0.25) is 4.79 Å². The van der Waals surface area contributed by atoms with Crippen molar-refractivity contribution >= 4 is 5.97 Å². The lowest BCUT2D eigenvalue weighted by Crippen LogP contribution is -2.13. The minimum atomic E-state index is -0.160. The lowest BCUT2D eigenvalue weighted by atomic mass is 9.84. The van der Waals surface area contributed by atoms with Crippen molar-refractivity contribution in [2.75, 3.05) is 6.61 Å². The molecule has 0 saturated heterocycles. The molecule has 1 aromatic rings. The van der Waals surface area contributed by atoms with Crippen molar-refractivity contribution in [2.45, 2.75) is 143 Å². The molecule has 0 aliphatic heterocycles. The van der Waals surface area contributed by atoms with Crippen LogP contribution in [-0.2, 0) is 27.8 Å². The number of rotatable bonds is 18. The summed E-state index contributed by atoms with van der Waals surface area (Å²) in [7, 11) is 0. The van der Waals surface area contributed by atoms with Gasteiger partial charge >= 0.3 is 5.97 Å². The van der Waals surface area contributed by atoms with Crippen LogP contribution in [0.3, 0.4) is 0 Å². The van der Waals surface area contributed by atoms with Crippen molar-refractivity contribution < 1.29 is 14.6 Å². The molecule has 33 heavy (non-hydrogen) atoms. The molecule has 0 atom stereocenters. The summed E-state index contributed by atoms with van der Waals surface area (Å²) in [5.41, 5.74) is 3.03. The average molecular weight is 461 g/mol. The smallest absolute Gasteiger partial charge is 0.306 e. The van der Waals surface area contributed by atoms with E-state index in [4.69, 9.17) is 4.74 Å². The molecule has 1 aromatic carbocycles. The summed E-state index contributed by atoms with van der Waals surface area (Å²) in [6.07, 6.45) is 18.7. The number of hydrogen-bond donors (Lipinski definition) is 1. The normalized spacial score (nSPS) is 11.7. The topological polar surface area (TPSA) is 46.5 Å². The van der Waals surface area contributed by atoms with Crippen LogP contribution in [-0.4, -0.2) is 17.7 Å². The number of carbonyl (C=O) groups is 1. The van der Waals surface area contributed by atoms with E-state index in [-0.39, 0.29) is 11.4 Å². The van der Waals surface area contributed by atoms with Crippen LogP contribution < -0.4 is 0 Å². The molecule has 3 nitrogen and oxygen atoms in total. The van der Waals surface area contributed by atoms with Crippen LogP contribution in [0.2, 0.25) is 0 Å². The summed E-state index contributed by atoms with van der Waals surface area (Å²) in [6, 6.07) is 4.14. The van der Waals surface area contributed by atoms with Crippen molar-refractivity contribution in [1.29, 1.82) is 0 Å². The van der Waals surface area contributed by atoms with Crippen LogP contribution in [0.5, 0.6) is 5.75 Å². The molecule has 0 aliphatic carbocycles. The van der Waals surface area contributed by atoms with Crippen molar-refractivity contribution in [2.24, 2.45) is 0 Å². The fourth-order valence-corrected chi connectivity index (χ4v) is 4.27. The third-order valence-corrected chi connectivity index (χ3v) is 6.62. The van der Waals surface area contributed by atoms with E-state index in [1.807, 2.05) is 6.07 Å². The molecule has 0 heterocycles. The summed E-state index contributed by atoms with van der Waals surface area (Å²) in [6.45, 7) is 11.4. The SMILES string of the molecule is CCCCCCCCCCCCCCCOC(=O)CCc1cc(C(C)(C)C)cc(CC)c1O. The molecule has 3 heteroatoms. The highest BCUT2D eigenvalue weighted by Crippen LogP contribution is 2.32. The molecule has 0 unspecified atom stereocenters. The molecule has 0 radical (unpaired) electrons. The van der Waals surface area contributed by atoms with Crippen LogP contribution in [0, 0.1) is 0 Å². The number of aryl methyl sites for hydroxylation is 2. The summed E-state index contributed by atoms with van der Waals surface area (Å²) < 4.78 is 5.44. The highest BCUT2D eigenvalue weighted by atomic mass is 16.5. The van der Waals surface area contributed by atoms with Crippen molar-refractivity contribution in [1.82, 2.24) is 0 Å². The molecule has 0 fully saturated rings. The number of ether oxygens (including phenoxy) is 1. The monoisotopic (exact) mass is 460 g/mol. The fourth-order valence-electron chi connectivity index (χ4n) is 4.27. The zero-order valence-electron chi connectivity index (χ0n) is 22.4. The molecule has 0 bridgehead atoms. The molecule has 0 aromatic heterocycles. The third-order valence-electron chi connectivity index (χ3n) is 6.62. The predicted octanol–water partition coefficient (Wildman–Crippen LogP) is 8.82. The summed E-state index contributed by atoms with van der Waals surface area (Å²) in [4.78, 5) is 12.2. The lowest BCUT2D eigenvalue weighted by Gasteiger charge is -2.22. The number of benzene rings is 1. The molecular weight excluding hydrogens is 408 g/mol. The first kappa shape index (κ1) is 29.5. The molecule has 1 rings (SSSR count). The van der Waals surface area contributed by atoms with Gasteiger partial charge in [-0.15, -0.1) is 0 Å². The Morgan fingerprint density at radius 1 is 0.788 bits per heavy atom. The van der Waals surface area contributed by atoms with E-state index in [1.54, 1.807) is 0 Å². The Kier molecular flexibility index (Phi) is 15.2. The maximum absolute atomic E-state index is 12.2. The first-order valence-electron chi connectivity index (χ1n) is 13.8. The lowest BCUT2D eigenvalue weighted by molar-refractivity contribution is -0.143. The zero-order valence-corrected chi connectivity index (χ0v) is 22.4. The standard InChI is InChI=1S/C30H52O3/c1-6-8-9-10-11-12-13-14-15-16-17-18-19-22-33-28(31)21-20-26-24-27(30(3,4)5)23-25(7-2)29(26)32/h23-24,32H,6-22H2,1-5H3. The second-order valence-corrected chi connectivity index (χ2v) is 10.7. The minimum absolute atomic E-state index is 0.0150. The number of esters is 1. The number of phenolic OH excluding ortho intramolecular Hbond substituents is 1. The number of phenols is 1. The molecular formula is C30H52O3. The Morgan fingerprint density at radius 2 is 1.27 bits per heavy atom. The van der Waals surface area contributed by atoms with E-state index in [0.717, 1.165) is 30.4 Å².